The van der Waals surface area contributed by atoms with Gasteiger partial charge in [0.15, 0.2) is 0 Å². The minimum atomic E-state index is -0.213. The Morgan fingerprint density at radius 3 is 2.44 bits per heavy atom. The second kappa shape index (κ2) is 6.32. The summed E-state index contributed by atoms with van der Waals surface area (Å²) in [4.78, 5) is 0. The van der Waals surface area contributed by atoms with Crippen LogP contribution in [-0.2, 0) is 13.1 Å². The fraction of sp³-hybridized carbons (Fsp3) is 0.143. The highest BCUT2D eigenvalue weighted by atomic mass is 79.9. The van der Waals surface area contributed by atoms with E-state index in [-0.39, 0.29) is 5.82 Å². The van der Waals surface area contributed by atoms with Crippen molar-refractivity contribution in [1.82, 2.24) is 5.32 Å². The summed E-state index contributed by atoms with van der Waals surface area (Å²) in [5, 5.41) is 4.01. The minimum absolute atomic E-state index is 0.213. The maximum atomic E-state index is 12.7. The van der Waals surface area contributed by atoms with Crippen LogP contribution in [0.4, 0.5) is 4.39 Å². The Morgan fingerprint density at radius 1 is 1.06 bits per heavy atom. The highest BCUT2D eigenvalue weighted by Gasteiger charge is 2.01. The van der Waals surface area contributed by atoms with Gasteiger partial charge in [0.2, 0.25) is 0 Å². The van der Waals surface area contributed by atoms with E-state index in [1.165, 1.54) is 12.1 Å². The number of hydrogen-bond donors (Lipinski definition) is 1. The molecule has 0 saturated heterocycles. The van der Waals surface area contributed by atoms with Crippen molar-refractivity contribution in [1.29, 1.82) is 0 Å². The van der Waals surface area contributed by atoms with Crippen molar-refractivity contribution in [2.75, 3.05) is 0 Å². The Labute approximate surface area is 119 Å². The Balaban J connectivity index is 1.90. The van der Waals surface area contributed by atoms with Crippen molar-refractivity contribution in [2.24, 2.45) is 0 Å². The van der Waals surface area contributed by atoms with Crippen LogP contribution in [0.5, 0.6) is 0 Å². The lowest BCUT2D eigenvalue weighted by atomic mass is 10.2. The molecule has 0 fully saturated rings. The average molecular weight is 329 g/mol. The molecule has 0 bridgehead atoms. The van der Waals surface area contributed by atoms with Gasteiger partial charge in [-0.05, 0) is 35.4 Å². The Morgan fingerprint density at radius 2 is 1.78 bits per heavy atom. The van der Waals surface area contributed by atoms with Gasteiger partial charge >= 0.3 is 0 Å². The molecule has 4 heteroatoms. The topological polar surface area (TPSA) is 12.0 Å². The lowest BCUT2D eigenvalue weighted by Crippen LogP contribution is -2.12. The lowest BCUT2D eigenvalue weighted by Gasteiger charge is -2.07. The molecule has 1 N–H and O–H groups in total. The first-order chi connectivity index (χ1) is 8.65. The molecule has 0 aliphatic carbocycles. The fourth-order valence-corrected chi connectivity index (χ4v) is 2.35. The summed E-state index contributed by atoms with van der Waals surface area (Å²) in [6.07, 6.45) is 0. The zero-order valence-corrected chi connectivity index (χ0v) is 11.9. The van der Waals surface area contributed by atoms with Crippen LogP contribution < -0.4 is 5.32 Å². The Hall–Kier alpha value is -0.900. The molecule has 2 aromatic rings. The van der Waals surface area contributed by atoms with Gasteiger partial charge in [-0.2, -0.15) is 0 Å². The molecular formula is C14H12BrClFN. The van der Waals surface area contributed by atoms with Crippen LogP contribution in [0.2, 0.25) is 5.02 Å². The molecule has 2 aromatic carbocycles. The molecule has 94 valence electrons. The molecule has 0 unspecified atom stereocenters. The molecule has 0 aliphatic heterocycles. The lowest BCUT2D eigenvalue weighted by molar-refractivity contribution is 0.625. The van der Waals surface area contributed by atoms with Gasteiger partial charge in [-0.25, -0.2) is 4.39 Å². The van der Waals surface area contributed by atoms with Gasteiger partial charge in [0, 0.05) is 22.6 Å². The van der Waals surface area contributed by atoms with Crippen LogP contribution in [0.3, 0.4) is 0 Å². The Bertz CT molecular complexity index is 528. The molecule has 0 amide bonds. The molecular weight excluding hydrogens is 317 g/mol. The summed E-state index contributed by atoms with van der Waals surface area (Å²) in [6.45, 7) is 1.37. The van der Waals surface area contributed by atoms with Crippen LogP contribution in [0.25, 0.3) is 0 Å². The summed E-state index contributed by atoms with van der Waals surface area (Å²) in [6, 6.07) is 12.3. The summed E-state index contributed by atoms with van der Waals surface area (Å²) < 4.78 is 13.7. The quantitative estimate of drug-likeness (QED) is 0.869. The summed E-state index contributed by atoms with van der Waals surface area (Å²) in [5.41, 5.74) is 2.09. The molecule has 0 heterocycles. The number of benzene rings is 2. The van der Waals surface area contributed by atoms with Gasteiger partial charge in [0.05, 0.1) is 0 Å². The minimum Gasteiger partial charge on any atom is -0.309 e. The molecule has 0 saturated carbocycles. The molecule has 2 rings (SSSR count). The van der Waals surface area contributed by atoms with E-state index in [0.29, 0.717) is 13.1 Å². The molecule has 0 aromatic heterocycles. The summed E-state index contributed by atoms with van der Waals surface area (Å²) in [5.74, 6) is -0.213. The maximum Gasteiger partial charge on any atom is 0.123 e. The molecule has 0 radical (unpaired) electrons. The van der Waals surface area contributed by atoms with Crippen LogP contribution in [0.15, 0.2) is 46.9 Å². The van der Waals surface area contributed by atoms with E-state index in [0.717, 1.165) is 20.6 Å². The number of hydrogen-bond acceptors (Lipinski definition) is 1. The third-order valence-electron chi connectivity index (χ3n) is 2.57. The largest absolute Gasteiger partial charge is 0.309 e. The third kappa shape index (κ3) is 3.80. The van der Waals surface area contributed by atoms with Crippen molar-refractivity contribution in [2.45, 2.75) is 13.1 Å². The van der Waals surface area contributed by atoms with Crippen LogP contribution in [-0.4, -0.2) is 0 Å². The van der Waals surface area contributed by atoms with Crippen LogP contribution in [0, 0.1) is 5.82 Å². The summed E-state index contributed by atoms with van der Waals surface area (Å²) in [7, 11) is 0. The predicted octanol–water partition coefficient (Wildman–Crippen LogP) is 4.53. The highest BCUT2D eigenvalue weighted by molar-refractivity contribution is 9.10. The first-order valence-corrected chi connectivity index (χ1v) is 6.71. The van der Waals surface area contributed by atoms with E-state index in [9.17, 15) is 4.39 Å². The van der Waals surface area contributed by atoms with Gasteiger partial charge in [0.25, 0.3) is 0 Å². The number of halogens is 3. The first kappa shape index (κ1) is 13.5. The van der Waals surface area contributed by atoms with E-state index in [4.69, 9.17) is 11.6 Å². The molecule has 0 aliphatic rings. The van der Waals surface area contributed by atoms with Gasteiger partial charge in [0.1, 0.15) is 5.82 Å². The smallest absolute Gasteiger partial charge is 0.123 e. The number of rotatable bonds is 4. The molecule has 1 nitrogen and oxygen atoms in total. The SMILES string of the molecule is Fc1ccc(CNCc2ccc(Br)cc2Cl)cc1. The fourth-order valence-electron chi connectivity index (χ4n) is 1.61. The molecule has 0 atom stereocenters. The zero-order valence-electron chi connectivity index (χ0n) is 9.59. The second-order valence-corrected chi connectivity index (χ2v) is 5.29. The zero-order chi connectivity index (χ0) is 13.0. The van der Waals surface area contributed by atoms with Crippen molar-refractivity contribution in [3.63, 3.8) is 0 Å². The molecule has 18 heavy (non-hydrogen) atoms. The van der Waals surface area contributed by atoms with Gasteiger partial charge in [-0.15, -0.1) is 0 Å². The van der Waals surface area contributed by atoms with Crippen molar-refractivity contribution in [3.8, 4) is 0 Å². The van der Waals surface area contributed by atoms with Crippen molar-refractivity contribution in [3.05, 3.63) is 68.9 Å². The predicted molar refractivity (Wildman–Crippen MR) is 76.1 cm³/mol. The van der Waals surface area contributed by atoms with Gasteiger partial charge in [-0.3, -0.25) is 0 Å². The highest BCUT2D eigenvalue weighted by Crippen LogP contribution is 2.21. The third-order valence-corrected chi connectivity index (χ3v) is 3.42. The van der Waals surface area contributed by atoms with E-state index in [1.54, 1.807) is 12.1 Å². The van der Waals surface area contributed by atoms with E-state index in [1.807, 2.05) is 18.2 Å². The first-order valence-electron chi connectivity index (χ1n) is 5.54. The normalized spacial score (nSPS) is 10.6. The van der Waals surface area contributed by atoms with Crippen LogP contribution in [0.1, 0.15) is 11.1 Å². The van der Waals surface area contributed by atoms with Gasteiger partial charge < -0.3 is 5.32 Å². The van der Waals surface area contributed by atoms with Crippen molar-refractivity contribution >= 4 is 27.5 Å². The monoisotopic (exact) mass is 327 g/mol. The van der Waals surface area contributed by atoms with E-state index >= 15 is 0 Å². The number of nitrogens with one attached hydrogen (secondary N) is 1. The average Bonchev–Trinajstić information content (AvgIpc) is 2.34. The standard InChI is InChI=1S/C14H12BrClFN/c15-12-4-3-11(14(16)7-12)9-18-8-10-1-5-13(17)6-2-10/h1-7,18H,8-9H2. The van der Waals surface area contributed by atoms with E-state index < -0.39 is 0 Å². The summed E-state index contributed by atoms with van der Waals surface area (Å²) >= 11 is 9.48. The Kier molecular flexibility index (Phi) is 4.75. The van der Waals surface area contributed by atoms with Crippen LogP contribution >= 0.6 is 27.5 Å². The second-order valence-electron chi connectivity index (χ2n) is 3.97. The van der Waals surface area contributed by atoms with Crippen molar-refractivity contribution < 1.29 is 4.39 Å². The maximum absolute atomic E-state index is 12.7. The van der Waals surface area contributed by atoms with E-state index in [2.05, 4.69) is 21.2 Å². The molecule has 0 spiro atoms. The van der Waals surface area contributed by atoms with Gasteiger partial charge in [-0.1, -0.05) is 45.7 Å².